The number of nitrogens with two attached hydrogens (primary N) is 1. The van der Waals surface area contributed by atoms with Crippen LogP contribution in [-0.4, -0.2) is 66.8 Å². The van der Waals surface area contributed by atoms with Crippen LogP contribution >= 0.6 is 0 Å². The highest BCUT2D eigenvalue weighted by Crippen LogP contribution is 2.33. The lowest BCUT2D eigenvalue weighted by atomic mass is 9.85. The molecular formula is C17H35N3O. The first-order chi connectivity index (χ1) is 10.1. The molecule has 0 bridgehead atoms. The Morgan fingerprint density at radius 2 is 2.05 bits per heavy atom. The largest absolute Gasteiger partial charge is 0.376 e. The average molecular weight is 297 g/mol. The smallest absolute Gasteiger partial charge is 0.0675 e. The van der Waals surface area contributed by atoms with E-state index in [1.165, 1.54) is 45.3 Å². The number of rotatable bonds is 5. The van der Waals surface area contributed by atoms with E-state index in [0.29, 0.717) is 12.1 Å². The minimum absolute atomic E-state index is 0.196. The van der Waals surface area contributed by atoms with Crippen LogP contribution in [0.4, 0.5) is 0 Å². The molecule has 2 fully saturated rings. The van der Waals surface area contributed by atoms with E-state index in [0.717, 1.165) is 26.1 Å². The Morgan fingerprint density at radius 1 is 1.24 bits per heavy atom. The quantitative estimate of drug-likeness (QED) is 0.843. The molecule has 2 aliphatic rings. The third-order valence-electron chi connectivity index (χ3n) is 5.48. The summed E-state index contributed by atoms with van der Waals surface area (Å²) in [5.74, 6) is 0. The Labute approximate surface area is 131 Å². The number of ether oxygens (including phenoxy) is 1. The van der Waals surface area contributed by atoms with Crippen LogP contribution in [0.15, 0.2) is 0 Å². The standard InChI is InChI=1S/C17H35N3O/c1-4-9-19-10-6-7-17(14-18,8-11-19)20-12-15(3)21-13-16(20)5-2/h15-16H,4-14,18H2,1-3H3. The van der Waals surface area contributed by atoms with Gasteiger partial charge in [0.15, 0.2) is 0 Å². The molecule has 0 amide bonds. The summed E-state index contributed by atoms with van der Waals surface area (Å²) in [4.78, 5) is 5.35. The Morgan fingerprint density at radius 3 is 2.71 bits per heavy atom. The van der Waals surface area contributed by atoms with Gasteiger partial charge in [-0.2, -0.15) is 0 Å². The summed E-state index contributed by atoms with van der Waals surface area (Å²) in [5, 5.41) is 0. The maximum Gasteiger partial charge on any atom is 0.0675 e. The summed E-state index contributed by atoms with van der Waals surface area (Å²) in [7, 11) is 0. The summed E-state index contributed by atoms with van der Waals surface area (Å²) < 4.78 is 5.89. The maximum absolute atomic E-state index is 6.32. The molecule has 2 heterocycles. The fraction of sp³-hybridized carbons (Fsp3) is 1.00. The molecule has 2 aliphatic heterocycles. The van der Waals surface area contributed by atoms with Gasteiger partial charge in [-0.25, -0.2) is 0 Å². The van der Waals surface area contributed by atoms with Crippen molar-refractivity contribution in [1.29, 1.82) is 0 Å². The Bertz CT molecular complexity index is 312. The van der Waals surface area contributed by atoms with Gasteiger partial charge in [0.1, 0.15) is 0 Å². The van der Waals surface area contributed by atoms with Crippen molar-refractivity contribution in [3.8, 4) is 0 Å². The molecule has 0 aromatic heterocycles. The second kappa shape index (κ2) is 7.91. The molecule has 0 aromatic rings. The van der Waals surface area contributed by atoms with E-state index >= 15 is 0 Å². The molecule has 2 N–H and O–H groups in total. The minimum atomic E-state index is 0.196. The van der Waals surface area contributed by atoms with Crippen LogP contribution in [0.3, 0.4) is 0 Å². The van der Waals surface area contributed by atoms with Crippen LogP contribution in [0, 0.1) is 0 Å². The zero-order valence-electron chi connectivity index (χ0n) is 14.3. The second-order valence-corrected chi connectivity index (χ2v) is 6.98. The van der Waals surface area contributed by atoms with E-state index < -0.39 is 0 Å². The summed E-state index contributed by atoms with van der Waals surface area (Å²) in [5.41, 5.74) is 6.51. The predicted octanol–water partition coefficient (Wildman–Crippen LogP) is 2.08. The van der Waals surface area contributed by atoms with Gasteiger partial charge in [0.2, 0.25) is 0 Å². The van der Waals surface area contributed by atoms with Gasteiger partial charge in [-0.15, -0.1) is 0 Å². The van der Waals surface area contributed by atoms with Crippen LogP contribution in [0.25, 0.3) is 0 Å². The van der Waals surface area contributed by atoms with Crippen LogP contribution in [0.5, 0.6) is 0 Å². The molecule has 0 aliphatic carbocycles. The third kappa shape index (κ3) is 3.98. The van der Waals surface area contributed by atoms with Gasteiger partial charge in [0.25, 0.3) is 0 Å². The summed E-state index contributed by atoms with van der Waals surface area (Å²) in [6, 6.07) is 0.544. The van der Waals surface area contributed by atoms with Crippen molar-refractivity contribution in [1.82, 2.24) is 9.80 Å². The predicted molar refractivity (Wildman–Crippen MR) is 88.6 cm³/mol. The van der Waals surface area contributed by atoms with E-state index in [1.807, 2.05) is 0 Å². The van der Waals surface area contributed by atoms with Crippen LogP contribution in [0.2, 0.25) is 0 Å². The fourth-order valence-electron chi connectivity index (χ4n) is 4.15. The van der Waals surface area contributed by atoms with Crippen molar-refractivity contribution in [3.63, 3.8) is 0 Å². The zero-order chi connectivity index (χ0) is 15.3. The van der Waals surface area contributed by atoms with Crippen molar-refractivity contribution >= 4 is 0 Å². The van der Waals surface area contributed by atoms with E-state index in [9.17, 15) is 0 Å². The Kier molecular flexibility index (Phi) is 6.48. The highest BCUT2D eigenvalue weighted by atomic mass is 16.5. The van der Waals surface area contributed by atoms with Crippen molar-refractivity contribution < 1.29 is 4.74 Å². The van der Waals surface area contributed by atoms with Gasteiger partial charge >= 0.3 is 0 Å². The number of hydrogen-bond acceptors (Lipinski definition) is 4. The first kappa shape index (κ1) is 17.2. The van der Waals surface area contributed by atoms with Gasteiger partial charge in [-0.1, -0.05) is 13.8 Å². The molecule has 2 rings (SSSR count). The number of nitrogens with zero attached hydrogens (tertiary/aromatic N) is 2. The normalized spacial score (nSPS) is 36.6. The lowest BCUT2D eigenvalue weighted by Crippen LogP contribution is -2.63. The molecule has 3 atom stereocenters. The number of likely N-dealkylation sites (tertiary alicyclic amines) is 1. The van der Waals surface area contributed by atoms with E-state index in [4.69, 9.17) is 10.5 Å². The molecule has 4 nitrogen and oxygen atoms in total. The van der Waals surface area contributed by atoms with Gasteiger partial charge < -0.3 is 15.4 Å². The summed E-state index contributed by atoms with van der Waals surface area (Å²) >= 11 is 0. The first-order valence-electron chi connectivity index (χ1n) is 8.96. The molecule has 0 saturated carbocycles. The maximum atomic E-state index is 6.32. The third-order valence-corrected chi connectivity index (χ3v) is 5.48. The van der Waals surface area contributed by atoms with Crippen LogP contribution < -0.4 is 5.73 Å². The highest BCUT2D eigenvalue weighted by Gasteiger charge is 2.42. The summed E-state index contributed by atoms with van der Waals surface area (Å²) in [6.45, 7) is 13.1. The lowest BCUT2D eigenvalue weighted by Gasteiger charge is -2.50. The van der Waals surface area contributed by atoms with E-state index in [1.54, 1.807) is 0 Å². The molecule has 21 heavy (non-hydrogen) atoms. The van der Waals surface area contributed by atoms with Crippen molar-refractivity contribution in [2.24, 2.45) is 5.73 Å². The molecule has 2 saturated heterocycles. The lowest BCUT2D eigenvalue weighted by molar-refractivity contribution is -0.102. The Hall–Kier alpha value is -0.160. The first-order valence-corrected chi connectivity index (χ1v) is 8.96. The monoisotopic (exact) mass is 297 g/mol. The average Bonchev–Trinajstić information content (AvgIpc) is 2.71. The molecular weight excluding hydrogens is 262 g/mol. The van der Waals surface area contributed by atoms with Crippen LogP contribution in [-0.2, 0) is 4.74 Å². The number of morpholine rings is 1. The van der Waals surface area contributed by atoms with E-state index in [-0.39, 0.29) is 5.54 Å². The Balaban J connectivity index is 2.11. The SMILES string of the molecule is CCCN1CCCC(CN)(N2CC(C)OCC2CC)CC1. The zero-order valence-corrected chi connectivity index (χ0v) is 14.3. The minimum Gasteiger partial charge on any atom is -0.376 e. The van der Waals surface area contributed by atoms with Gasteiger partial charge in [-0.3, -0.25) is 4.90 Å². The van der Waals surface area contributed by atoms with Gasteiger partial charge in [-0.05, 0) is 58.7 Å². The van der Waals surface area contributed by atoms with E-state index in [2.05, 4.69) is 30.6 Å². The highest BCUT2D eigenvalue weighted by molar-refractivity contribution is 4.99. The fourth-order valence-corrected chi connectivity index (χ4v) is 4.15. The topological polar surface area (TPSA) is 41.7 Å². The van der Waals surface area contributed by atoms with Crippen molar-refractivity contribution in [3.05, 3.63) is 0 Å². The molecule has 0 spiro atoms. The molecule has 4 heteroatoms. The second-order valence-electron chi connectivity index (χ2n) is 6.98. The number of hydrogen-bond donors (Lipinski definition) is 1. The van der Waals surface area contributed by atoms with Gasteiger partial charge in [0, 0.05) is 24.7 Å². The molecule has 0 radical (unpaired) electrons. The molecule has 3 unspecified atom stereocenters. The molecule has 124 valence electrons. The van der Waals surface area contributed by atoms with Crippen LogP contribution in [0.1, 0.15) is 52.9 Å². The van der Waals surface area contributed by atoms with Crippen molar-refractivity contribution in [2.75, 3.05) is 39.3 Å². The summed E-state index contributed by atoms with van der Waals surface area (Å²) in [6.07, 6.45) is 6.49. The van der Waals surface area contributed by atoms with Gasteiger partial charge in [0.05, 0.1) is 12.7 Å². The molecule has 0 aromatic carbocycles. The van der Waals surface area contributed by atoms with Crippen molar-refractivity contribution in [2.45, 2.75) is 70.6 Å².